The molecule has 1 aromatic carbocycles. The van der Waals surface area contributed by atoms with Gasteiger partial charge in [-0.15, -0.1) is 0 Å². The van der Waals surface area contributed by atoms with Gasteiger partial charge in [0.25, 0.3) is 0 Å². The van der Waals surface area contributed by atoms with E-state index in [2.05, 4.69) is 22.1 Å². The molecule has 0 fully saturated rings. The number of halogens is 2. The van der Waals surface area contributed by atoms with Crippen LogP contribution in [0.15, 0.2) is 18.5 Å². The van der Waals surface area contributed by atoms with E-state index in [0.717, 1.165) is 18.4 Å². The maximum Gasteiger partial charge on any atom is 0.225 e. The van der Waals surface area contributed by atoms with Gasteiger partial charge in [-0.1, -0.05) is 17.7 Å². The van der Waals surface area contributed by atoms with Crippen LogP contribution in [0, 0.1) is 5.82 Å². The van der Waals surface area contributed by atoms with E-state index >= 15 is 0 Å². The molecule has 18 heavy (non-hydrogen) atoms. The van der Waals surface area contributed by atoms with Crippen molar-refractivity contribution >= 4 is 23.2 Å². The van der Waals surface area contributed by atoms with Gasteiger partial charge in [-0.3, -0.25) is 0 Å². The van der Waals surface area contributed by atoms with Crippen molar-refractivity contribution in [1.29, 1.82) is 0 Å². The molecule has 6 heteroatoms. The largest absolute Gasteiger partial charge is 0.306 e. The molecular weight excluding hydrogens is 255 g/mol. The van der Waals surface area contributed by atoms with E-state index in [1.165, 1.54) is 12.4 Å². The smallest absolute Gasteiger partial charge is 0.225 e. The van der Waals surface area contributed by atoms with E-state index in [4.69, 9.17) is 11.6 Å². The Morgan fingerprint density at radius 1 is 1.50 bits per heavy atom. The lowest BCUT2D eigenvalue weighted by atomic mass is 9.97. The highest BCUT2D eigenvalue weighted by Crippen LogP contribution is 2.41. The molecule has 0 amide bonds. The number of fused-ring (bicyclic) bond motifs is 1. The number of aromatic nitrogens is 3. The molecule has 94 valence electrons. The summed E-state index contributed by atoms with van der Waals surface area (Å²) in [6.45, 7) is 2.06. The number of anilines is 2. The van der Waals surface area contributed by atoms with Crippen LogP contribution in [0.2, 0.25) is 5.02 Å². The fraction of sp³-hybridized carbons (Fsp3) is 0.333. The Labute approximate surface area is 109 Å². The molecule has 1 aliphatic rings. The van der Waals surface area contributed by atoms with Gasteiger partial charge in [-0.25, -0.2) is 9.49 Å². The Morgan fingerprint density at radius 3 is 3.06 bits per heavy atom. The van der Waals surface area contributed by atoms with Gasteiger partial charge < -0.3 is 4.90 Å². The highest BCUT2D eigenvalue weighted by Gasteiger charge is 2.29. The molecule has 0 bridgehead atoms. The van der Waals surface area contributed by atoms with Crippen molar-refractivity contribution in [3.8, 4) is 0 Å². The molecule has 4 nitrogen and oxygen atoms in total. The number of benzene rings is 1. The number of aryl methyl sites for hydroxylation is 1. The Kier molecular flexibility index (Phi) is 2.70. The molecule has 0 unspecified atom stereocenters. The fourth-order valence-electron chi connectivity index (χ4n) is 2.39. The minimum atomic E-state index is -0.408. The molecule has 1 atom stereocenters. The molecule has 0 radical (unpaired) electrons. The van der Waals surface area contributed by atoms with Crippen LogP contribution < -0.4 is 4.90 Å². The minimum Gasteiger partial charge on any atom is -0.306 e. The van der Waals surface area contributed by atoms with Crippen molar-refractivity contribution in [3.05, 3.63) is 34.9 Å². The van der Waals surface area contributed by atoms with E-state index in [-0.39, 0.29) is 11.1 Å². The van der Waals surface area contributed by atoms with Crippen molar-refractivity contribution in [1.82, 2.24) is 15.2 Å². The lowest BCUT2D eigenvalue weighted by Crippen LogP contribution is -2.34. The minimum absolute atomic E-state index is 0.149. The molecule has 1 aliphatic heterocycles. The van der Waals surface area contributed by atoms with Crippen LogP contribution in [0.25, 0.3) is 0 Å². The number of nitrogens with zero attached hydrogens (tertiary/aromatic N) is 3. The Hall–Kier alpha value is -1.62. The number of hydrogen-bond acceptors (Lipinski definition) is 3. The zero-order valence-electron chi connectivity index (χ0n) is 9.82. The van der Waals surface area contributed by atoms with Gasteiger partial charge in [0.1, 0.15) is 17.2 Å². The van der Waals surface area contributed by atoms with Crippen LogP contribution in [0.1, 0.15) is 18.9 Å². The van der Waals surface area contributed by atoms with Crippen LogP contribution in [0.4, 0.5) is 16.0 Å². The number of hydrogen-bond donors (Lipinski definition) is 1. The molecule has 2 aromatic rings. The Morgan fingerprint density at radius 2 is 2.33 bits per heavy atom. The molecule has 3 rings (SSSR count). The van der Waals surface area contributed by atoms with Crippen molar-refractivity contribution < 1.29 is 4.39 Å². The molecule has 0 saturated heterocycles. The quantitative estimate of drug-likeness (QED) is 0.863. The van der Waals surface area contributed by atoms with Gasteiger partial charge in [-0.05, 0) is 31.4 Å². The highest BCUT2D eigenvalue weighted by atomic mass is 35.5. The summed E-state index contributed by atoms with van der Waals surface area (Å²) < 4.78 is 13.6. The van der Waals surface area contributed by atoms with Crippen LogP contribution in [0.5, 0.6) is 0 Å². The fourth-order valence-corrected chi connectivity index (χ4v) is 2.66. The summed E-state index contributed by atoms with van der Waals surface area (Å²) in [7, 11) is 0. The predicted octanol–water partition coefficient (Wildman–Crippen LogP) is 3.07. The average Bonchev–Trinajstić information content (AvgIpc) is 2.88. The molecule has 1 N–H and O–H groups in total. The van der Waals surface area contributed by atoms with E-state index in [1.54, 1.807) is 6.07 Å². The highest BCUT2D eigenvalue weighted by molar-refractivity contribution is 6.33. The first-order valence-corrected chi connectivity index (χ1v) is 6.17. The third-order valence-corrected chi connectivity index (χ3v) is 3.66. The molecule has 0 spiro atoms. The number of aromatic amines is 1. The zero-order valence-corrected chi connectivity index (χ0v) is 10.6. The van der Waals surface area contributed by atoms with Crippen molar-refractivity contribution in [2.24, 2.45) is 0 Å². The molecule has 2 heterocycles. The van der Waals surface area contributed by atoms with Gasteiger partial charge in [0.05, 0.1) is 5.69 Å². The number of nitrogens with one attached hydrogen (secondary N) is 1. The Balaban J connectivity index is 2.19. The van der Waals surface area contributed by atoms with Crippen LogP contribution >= 0.6 is 11.6 Å². The lowest BCUT2D eigenvalue weighted by Gasteiger charge is -2.35. The summed E-state index contributed by atoms with van der Waals surface area (Å²) in [5, 5.41) is 6.80. The normalized spacial score (nSPS) is 18.8. The van der Waals surface area contributed by atoms with Crippen LogP contribution in [-0.4, -0.2) is 21.2 Å². The molecule has 0 aliphatic carbocycles. The van der Waals surface area contributed by atoms with E-state index < -0.39 is 5.82 Å². The van der Waals surface area contributed by atoms with Crippen molar-refractivity contribution in [2.45, 2.75) is 25.8 Å². The maximum atomic E-state index is 13.6. The predicted molar refractivity (Wildman–Crippen MR) is 67.7 cm³/mol. The van der Waals surface area contributed by atoms with Gasteiger partial charge in [0.15, 0.2) is 0 Å². The van der Waals surface area contributed by atoms with Gasteiger partial charge >= 0.3 is 0 Å². The second-order valence-corrected chi connectivity index (χ2v) is 4.81. The summed E-state index contributed by atoms with van der Waals surface area (Å²) in [5.41, 5.74) is 1.74. The van der Waals surface area contributed by atoms with Crippen molar-refractivity contribution in [3.63, 3.8) is 0 Å². The number of H-pyrrole nitrogens is 1. The van der Waals surface area contributed by atoms with Gasteiger partial charge in [0.2, 0.25) is 5.95 Å². The number of rotatable bonds is 1. The van der Waals surface area contributed by atoms with Gasteiger partial charge in [0, 0.05) is 6.04 Å². The standard InChI is InChI=1S/C12H12ClFN4/c1-7-2-3-8-4-5-9(14)10(13)11(8)18(7)12-15-6-16-17-12/h4-7H,2-3H2,1H3,(H,15,16,17)/t7-/m1/s1. The summed E-state index contributed by atoms with van der Waals surface area (Å²) in [6.07, 6.45) is 3.29. The van der Waals surface area contributed by atoms with Crippen LogP contribution in [-0.2, 0) is 6.42 Å². The first-order valence-electron chi connectivity index (χ1n) is 5.80. The summed E-state index contributed by atoms with van der Waals surface area (Å²) in [4.78, 5) is 6.05. The first-order chi connectivity index (χ1) is 8.68. The summed E-state index contributed by atoms with van der Waals surface area (Å²) >= 11 is 6.11. The Bertz CT molecular complexity index is 570. The second-order valence-electron chi connectivity index (χ2n) is 4.44. The topological polar surface area (TPSA) is 44.8 Å². The molecule has 0 saturated carbocycles. The van der Waals surface area contributed by atoms with E-state index in [0.29, 0.717) is 11.6 Å². The third-order valence-electron chi connectivity index (χ3n) is 3.30. The SMILES string of the molecule is C[C@@H]1CCc2ccc(F)c(Cl)c2N1c1ncn[nH]1. The summed E-state index contributed by atoms with van der Waals surface area (Å²) in [5.74, 6) is 0.185. The first kappa shape index (κ1) is 11.5. The van der Waals surface area contributed by atoms with Crippen molar-refractivity contribution in [2.75, 3.05) is 4.90 Å². The van der Waals surface area contributed by atoms with Gasteiger partial charge in [-0.2, -0.15) is 10.1 Å². The molecular formula is C12H12ClFN4. The maximum absolute atomic E-state index is 13.6. The van der Waals surface area contributed by atoms with E-state index in [1.807, 2.05) is 4.90 Å². The molecule has 1 aromatic heterocycles. The zero-order chi connectivity index (χ0) is 12.7. The summed E-state index contributed by atoms with van der Waals surface area (Å²) in [6, 6.07) is 3.39. The lowest BCUT2D eigenvalue weighted by molar-refractivity contribution is 0.594. The monoisotopic (exact) mass is 266 g/mol. The third kappa shape index (κ3) is 1.66. The van der Waals surface area contributed by atoms with E-state index in [9.17, 15) is 4.39 Å². The second kappa shape index (κ2) is 4.24. The van der Waals surface area contributed by atoms with Crippen LogP contribution in [0.3, 0.4) is 0 Å². The average molecular weight is 267 g/mol.